The van der Waals surface area contributed by atoms with E-state index in [4.69, 9.17) is 4.74 Å². The quantitative estimate of drug-likeness (QED) is 0.370. The zero-order valence-electron chi connectivity index (χ0n) is 17.4. The van der Waals surface area contributed by atoms with Crippen LogP contribution in [0.15, 0.2) is 36.4 Å². The number of methoxy groups -OCH3 is 1. The van der Waals surface area contributed by atoms with Crippen LogP contribution in [0.1, 0.15) is 80.9 Å². The van der Waals surface area contributed by atoms with Gasteiger partial charge in [-0.05, 0) is 67.3 Å². The predicted molar refractivity (Wildman–Crippen MR) is 114 cm³/mol. The highest BCUT2D eigenvalue weighted by Crippen LogP contribution is 2.37. The van der Waals surface area contributed by atoms with E-state index in [0.29, 0.717) is 5.92 Å². The smallest absolute Gasteiger partial charge is 0.201 e. The van der Waals surface area contributed by atoms with E-state index in [-0.39, 0.29) is 11.3 Å². The molecule has 2 aromatic rings. The SMILES string of the molecule is CCCCC[C@H]1CC[C@H](c2ccc(C#Cc3ccc(OC)c(F)c3F)cc2)CC1. The van der Waals surface area contributed by atoms with Gasteiger partial charge in [-0.2, -0.15) is 4.39 Å². The summed E-state index contributed by atoms with van der Waals surface area (Å²) in [6.07, 6.45) is 10.6. The molecule has 0 radical (unpaired) electrons. The zero-order valence-corrected chi connectivity index (χ0v) is 17.4. The van der Waals surface area contributed by atoms with E-state index in [1.54, 1.807) is 0 Å². The average Bonchev–Trinajstić information content (AvgIpc) is 2.76. The van der Waals surface area contributed by atoms with Crippen LogP contribution in [0.25, 0.3) is 0 Å². The van der Waals surface area contributed by atoms with Crippen molar-refractivity contribution < 1.29 is 13.5 Å². The molecule has 1 aliphatic rings. The second-order valence-corrected chi connectivity index (χ2v) is 8.03. The normalized spacial score (nSPS) is 18.8. The molecule has 29 heavy (non-hydrogen) atoms. The van der Waals surface area contributed by atoms with Crippen LogP contribution in [0.2, 0.25) is 0 Å². The van der Waals surface area contributed by atoms with Crippen molar-refractivity contribution in [2.24, 2.45) is 5.92 Å². The molecule has 1 fully saturated rings. The first-order valence-electron chi connectivity index (χ1n) is 10.8. The van der Waals surface area contributed by atoms with E-state index < -0.39 is 11.6 Å². The van der Waals surface area contributed by atoms with Crippen LogP contribution in [0, 0.1) is 29.4 Å². The summed E-state index contributed by atoms with van der Waals surface area (Å²) in [4.78, 5) is 0. The Morgan fingerprint density at radius 3 is 2.28 bits per heavy atom. The Kier molecular flexibility index (Phi) is 7.69. The molecule has 3 heteroatoms. The van der Waals surface area contributed by atoms with Crippen LogP contribution in [0.5, 0.6) is 5.75 Å². The minimum Gasteiger partial charge on any atom is -0.494 e. The fourth-order valence-corrected chi connectivity index (χ4v) is 4.23. The standard InChI is InChI=1S/C26H30F2O/c1-3-4-5-6-19-7-12-21(13-8-19)22-14-9-20(10-15-22)11-16-23-17-18-24(29-2)26(28)25(23)27/h9-10,14-15,17-19,21H,3-8,12-13H2,1-2H3/t19-,21-. The van der Waals surface area contributed by atoms with Gasteiger partial charge in [0.05, 0.1) is 12.7 Å². The largest absolute Gasteiger partial charge is 0.494 e. The number of unbranched alkanes of at least 4 members (excludes halogenated alkanes) is 2. The maximum Gasteiger partial charge on any atom is 0.201 e. The molecule has 0 amide bonds. The molecule has 154 valence electrons. The first-order chi connectivity index (χ1) is 14.1. The van der Waals surface area contributed by atoms with Crippen LogP contribution in [-0.2, 0) is 0 Å². The molecule has 0 bridgehead atoms. The number of halogens is 2. The van der Waals surface area contributed by atoms with E-state index >= 15 is 0 Å². The van der Waals surface area contributed by atoms with Crippen molar-refractivity contribution in [1.29, 1.82) is 0 Å². The minimum atomic E-state index is -1.00. The molecular weight excluding hydrogens is 366 g/mol. The summed E-state index contributed by atoms with van der Waals surface area (Å²) in [6, 6.07) is 11.1. The van der Waals surface area contributed by atoms with Gasteiger partial charge in [0.2, 0.25) is 5.82 Å². The van der Waals surface area contributed by atoms with Crippen molar-refractivity contribution in [2.45, 2.75) is 64.2 Å². The van der Waals surface area contributed by atoms with Crippen LogP contribution in [0.3, 0.4) is 0 Å². The van der Waals surface area contributed by atoms with Gasteiger partial charge >= 0.3 is 0 Å². The summed E-state index contributed by atoms with van der Waals surface area (Å²) < 4.78 is 32.6. The average molecular weight is 397 g/mol. The monoisotopic (exact) mass is 396 g/mol. The number of hydrogen-bond donors (Lipinski definition) is 0. The molecule has 1 saturated carbocycles. The third kappa shape index (κ3) is 5.60. The Hall–Kier alpha value is -2.34. The highest BCUT2D eigenvalue weighted by Gasteiger charge is 2.21. The van der Waals surface area contributed by atoms with Crippen molar-refractivity contribution in [1.82, 2.24) is 0 Å². The second kappa shape index (κ2) is 10.4. The summed E-state index contributed by atoms with van der Waals surface area (Å²) in [7, 11) is 1.31. The highest BCUT2D eigenvalue weighted by atomic mass is 19.2. The third-order valence-electron chi connectivity index (χ3n) is 6.05. The van der Waals surface area contributed by atoms with Gasteiger partial charge < -0.3 is 4.74 Å². The van der Waals surface area contributed by atoms with E-state index in [2.05, 4.69) is 30.9 Å². The lowest BCUT2D eigenvalue weighted by molar-refractivity contribution is 0.303. The lowest BCUT2D eigenvalue weighted by atomic mass is 9.77. The maximum absolute atomic E-state index is 14.0. The molecule has 2 aromatic carbocycles. The summed E-state index contributed by atoms with van der Waals surface area (Å²) in [6.45, 7) is 2.26. The van der Waals surface area contributed by atoms with Crippen LogP contribution >= 0.6 is 0 Å². The summed E-state index contributed by atoms with van der Waals surface area (Å²) in [5, 5.41) is 0. The molecule has 0 aliphatic heterocycles. The van der Waals surface area contributed by atoms with Crippen LogP contribution < -0.4 is 4.74 Å². The predicted octanol–water partition coefficient (Wildman–Crippen LogP) is 7.23. The first-order valence-corrected chi connectivity index (χ1v) is 10.8. The van der Waals surface area contributed by atoms with Gasteiger partial charge in [-0.1, -0.05) is 56.6 Å². The van der Waals surface area contributed by atoms with E-state index in [1.807, 2.05) is 12.1 Å². The maximum atomic E-state index is 14.0. The Morgan fingerprint density at radius 2 is 1.62 bits per heavy atom. The summed E-state index contributed by atoms with van der Waals surface area (Å²) >= 11 is 0. The zero-order chi connectivity index (χ0) is 20.6. The van der Waals surface area contributed by atoms with Crippen molar-refractivity contribution in [2.75, 3.05) is 7.11 Å². The Bertz CT molecular complexity index is 853. The molecule has 0 saturated heterocycles. The molecule has 0 aromatic heterocycles. The van der Waals surface area contributed by atoms with Gasteiger partial charge in [0, 0.05) is 5.56 Å². The second-order valence-electron chi connectivity index (χ2n) is 8.03. The first kappa shape index (κ1) is 21.4. The van der Waals surface area contributed by atoms with Crippen LogP contribution in [0.4, 0.5) is 8.78 Å². The van der Waals surface area contributed by atoms with Gasteiger partial charge in [0.25, 0.3) is 0 Å². The summed E-state index contributed by atoms with van der Waals surface area (Å²) in [5.41, 5.74) is 2.20. The lowest BCUT2D eigenvalue weighted by Crippen LogP contribution is -2.13. The lowest BCUT2D eigenvalue weighted by Gasteiger charge is -2.29. The Morgan fingerprint density at radius 1 is 0.897 bits per heavy atom. The molecule has 0 atom stereocenters. The van der Waals surface area contributed by atoms with Crippen molar-refractivity contribution >= 4 is 0 Å². The molecule has 0 heterocycles. The van der Waals surface area contributed by atoms with Crippen LogP contribution in [-0.4, -0.2) is 7.11 Å². The van der Waals surface area contributed by atoms with E-state index in [0.717, 1.165) is 11.5 Å². The molecule has 1 aliphatic carbocycles. The van der Waals surface area contributed by atoms with Crippen molar-refractivity contribution in [3.05, 3.63) is 64.7 Å². The molecule has 0 N–H and O–H groups in total. The van der Waals surface area contributed by atoms with Crippen molar-refractivity contribution in [3.8, 4) is 17.6 Å². The third-order valence-corrected chi connectivity index (χ3v) is 6.05. The van der Waals surface area contributed by atoms with E-state index in [1.165, 1.54) is 76.2 Å². The molecule has 3 rings (SSSR count). The molecular formula is C26H30F2O. The molecule has 0 unspecified atom stereocenters. The Balaban J connectivity index is 1.59. The molecule has 1 nitrogen and oxygen atoms in total. The number of rotatable bonds is 6. The fraction of sp³-hybridized carbons (Fsp3) is 0.462. The number of hydrogen-bond acceptors (Lipinski definition) is 1. The topological polar surface area (TPSA) is 9.23 Å². The summed E-state index contributed by atoms with van der Waals surface area (Å²) in [5.74, 6) is 5.12. The van der Waals surface area contributed by atoms with Gasteiger partial charge in [0.15, 0.2) is 11.6 Å². The number of benzene rings is 2. The minimum absolute atomic E-state index is 0.0359. The van der Waals surface area contributed by atoms with Gasteiger partial charge in [-0.15, -0.1) is 0 Å². The Labute approximate surface area is 173 Å². The number of ether oxygens (including phenoxy) is 1. The highest BCUT2D eigenvalue weighted by molar-refractivity contribution is 5.46. The van der Waals surface area contributed by atoms with Gasteiger partial charge in [-0.3, -0.25) is 0 Å². The van der Waals surface area contributed by atoms with Crippen molar-refractivity contribution in [3.63, 3.8) is 0 Å². The van der Waals surface area contributed by atoms with Gasteiger partial charge in [0.1, 0.15) is 0 Å². The van der Waals surface area contributed by atoms with E-state index in [9.17, 15) is 8.78 Å². The molecule has 0 spiro atoms. The van der Waals surface area contributed by atoms with Gasteiger partial charge in [-0.25, -0.2) is 4.39 Å². The fourth-order valence-electron chi connectivity index (χ4n) is 4.23.